The second kappa shape index (κ2) is 4.51. The zero-order valence-electron chi connectivity index (χ0n) is 8.51. The van der Waals surface area contributed by atoms with Crippen LogP contribution in [0.3, 0.4) is 0 Å². The minimum Gasteiger partial charge on any atom is -0.612 e. The Morgan fingerprint density at radius 2 is 1.53 bits per heavy atom. The molecule has 2 rings (SSSR count). The predicted molar refractivity (Wildman–Crippen MR) is 64.2 cm³/mol. The van der Waals surface area contributed by atoms with Gasteiger partial charge in [0, 0.05) is 6.07 Å². The van der Waals surface area contributed by atoms with Gasteiger partial charge in [0.15, 0.2) is 4.90 Å². The molecule has 0 aliphatic heterocycles. The van der Waals surface area contributed by atoms with Crippen LogP contribution in [0.2, 0.25) is 0 Å². The Balaban J connectivity index is 2.42. The van der Waals surface area contributed by atoms with Crippen molar-refractivity contribution in [2.45, 2.75) is 4.90 Å². The first-order valence-corrected chi connectivity index (χ1v) is 6.32. The molecule has 0 fully saturated rings. The maximum absolute atomic E-state index is 11.3. The fourth-order valence-electron chi connectivity index (χ4n) is 1.49. The van der Waals surface area contributed by atoms with Gasteiger partial charge in [0.25, 0.3) is 0 Å². The summed E-state index contributed by atoms with van der Waals surface area (Å²) >= 11 is -0.913. The predicted octanol–water partition coefficient (Wildman–Crippen LogP) is 3.09. The van der Waals surface area contributed by atoms with Gasteiger partial charge in [0.2, 0.25) is 0 Å². The van der Waals surface area contributed by atoms with E-state index in [2.05, 4.69) is 12.1 Å². The van der Waals surface area contributed by atoms with Crippen molar-refractivity contribution < 1.29 is 4.55 Å². The summed E-state index contributed by atoms with van der Waals surface area (Å²) in [5, 5.41) is 0. The minimum absolute atomic E-state index is 0.872. The molecule has 0 amide bonds. The highest BCUT2D eigenvalue weighted by Crippen LogP contribution is 2.21. The quantitative estimate of drug-likeness (QED) is 0.707. The summed E-state index contributed by atoms with van der Waals surface area (Å²) in [7, 11) is 0. The molecular formula is C13H12OS. The first-order valence-electron chi connectivity index (χ1n) is 4.76. The van der Waals surface area contributed by atoms with Crippen LogP contribution < -0.4 is 0 Å². The lowest BCUT2D eigenvalue weighted by atomic mass is 10.1. The molecule has 0 N–H and O–H groups in total. The molecule has 76 valence electrons. The molecular weight excluding hydrogens is 204 g/mol. The highest BCUT2D eigenvalue weighted by Gasteiger charge is 2.05. The Labute approximate surface area is 92.9 Å². The molecule has 2 aromatic carbocycles. The van der Waals surface area contributed by atoms with E-state index in [1.165, 1.54) is 0 Å². The third-order valence-corrected chi connectivity index (χ3v) is 3.19. The fourth-order valence-corrected chi connectivity index (χ4v) is 2.05. The molecule has 1 unspecified atom stereocenters. The molecule has 0 saturated carbocycles. The second-order valence-electron chi connectivity index (χ2n) is 3.35. The molecule has 15 heavy (non-hydrogen) atoms. The molecule has 0 spiro atoms. The first-order chi connectivity index (χ1) is 7.27. The van der Waals surface area contributed by atoms with Gasteiger partial charge in [-0.15, -0.1) is 0 Å². The Hall–Kier alpha value is -1.25. The Morgan fingerprint density at radius 3 is 2.20 bits per heavy atom. The normalized spacial score (nSPS) is 12.4. The molecule has 2 aromatic rings. The van der Waals surface area contributed by atoms with Crippen LogP contribution in [0, 0.1) is 0 Å². The maximum atomic E-state index is 11.3. The monoisotopic (exact) mass is 216 g/mol. The summed E-state index contributed by atoms with van der Waals surface area (Å²) in [4.78, 5) is 0.872. The number of benzene rings is 2. The van der Waals surface area contributed by atoms with E-state index >= 15 is 0 Å². The molecule has 2 heteroatoms. The summed E-state index contributed by atoms with van der Waals surface area (Å²) in [5.41, 5.74) is 2.27. The van der Waals surface area contributed by atoms with Crippen molar-refractivity contribution in [2.75, 3.05) is 6.26 Å². The van der Waals surface area contributed by atoms with E-state index < -0.39 is 11.2 Å². The van der Waals surface area contributed by atoms with Crippen LogP contribution in [0.1, 0.15) is 0 Å². The highest BCUT2D eigenvalue weighted by atomic mass is 32.2. The summed E-state index contributed by atoms with van der Waals surface area (Å²) in [6.45, 7) is 0. The highest BCUT2D eigenvalue weighted by molar-refractivity contribution is 7.90. The van der Waals surface area contributed by atoms with Gasteiger partial charge in [-0.2, -0.15) is 0 Å². The van der Waals surface area contributed by atoms with E-state index in [0.29, 0.717) is 0 Å². The topological polar surface area (TPSA) is 23.1 Å². The van der Waals surface area contributed by atoms with Crippen molar-refractivity contribution in [1.82, 2.24) is 0 Å². The van der Waals surface area contributed by atoms with Crippen molar-refractivity contribution in [3.8, 4) is 11.1 Å². The van der Waals surface area contributed by atoms with Gasteiger partial charge in [0.1, 0.15) is 6.26 Å². The van der Waals surface area contributed by atoms with E-state index in [9.17, 15) is 4.55 Å². The molecule has 1 atom stereocenters. The van der Waals surface area contributed by atoms with E-state index in [0.717, 1.165) is 16.0 Å². The van der Waals surface area contributed by atoms with Crippen LogP contribution in [0.15, 0.2) is 59.5 Å². The Bertz CT molecular complexity index is 437. The van der Waals surface area contributed by atoms with Crippen LogP contribution in [-0.4, -0.2) is 10.8 Å². The molecule has 0 heterocycles. The SMILES string of the molecule is C[S+]([O-])c1cccc(-c2ccccc2)c1. The summed E-state index contributed by atoms with van der Waals surface area (Å²) in [6, 6.07) is 18.0. The molecule has 0 aliphatic rings. The lowest BCUT2D eigenvalue weighted by molar-refractivity contribution is 0.601. The van der Waals surface area contributed by atoms with Crippen LogP contribution in [0.4, 0.5) is 0 Å². The van der Waals surface area contributed by atoms with E-state index in [4.69, 9.17) is 0 Å². The lowest BCUT2D eigenvalue weighted by Gasteiger charge is -2.06. The number of hydrogen-bond donors (Lipinski definition) is 0. The third kappa shape index (κ3) is 2.41. The maximum Gasteiger partial charge on any atom is 0.153 e. The smallest absolute Gasteiger partial charge is 0.153 e. The average Bonchev–Trinajstić information content (AvgIpc) is 2.30. The van der Waals surface area contributed by atoms with Gasteiger partial charge in [-0.25, -0.2) is 0 Å². The molecule has 0 aromatic heterocycles. The summed E-state index contributed by atoms with van der Waals surface area (Å²) < 4.78 is 11.3. The van der Waals surface area contributed by atoms with Crippen molar-refractivity contribution in [3.05, 3.63) is 54.6 Å². The van der Waals surface area contributed by atoms with Crippen LogP contribution >= 0.6 is 0 Å². The fraction of sp³-hybridized carbons (Fsp3) is 0.0769. The van der Waals surface area contributed by atoms with Gasteiger partial charge in [-0.3, -0.25) is 0 Å². The van der Waals surface area contributed by atoms with Crippen molar-refractivity contribution in [2.24, 2.45) is 0 Å². The number of rotatable bonds is 2. The first kappa shape index (κ1) is 10.3. The molecule has 0 radical (unpaired) electrons. The van der Waals surface area contributed by atoms with Gasteiger partial charge < -0.3 is 4.55 Å². The molecule has 0 saturated heterocycles. The summed E-state index contributed by atoms with van der Waals surface area (Å²) in [6.07, 6.45) is 1.70. The molecule has 1 nitrogen and oxygen atoms in total. The van der Waals surface area contributed by atoms with Gasteiger partial charge >= 0.3 is 0 Å². The van der Waals surface area contributed by atoms with Crippen LogP contribution in [0.5, 0.6) is 0 Å². The Kier molecular flexibility index (Phi) is 3.09. The zero-order valence-corrected chi connectivity index (χ0v) is 9.33. The van der Waals surface area contributed by atoms with E-state index in [1.807, 2.05) is 42.5 Å². The van der Waals surface area contributed by atoms with E-state index in [1.54, 1.807) is 6.26 Å². The largest absolute Gasteiger partial charge is 0.612 e. The third-order valence-electron chi connectivity index (χ3n) is 2.27. The summed E-state index contributed by atoms with van der Waals surface area (Å²) in [5.74, 6) is 0. The average molecular weight is 216 g/mol. The van der Waals surface area contributed by atoms with Gasteiger partial charge in [0.05, 0.1) is 0 Å². The molecule has 0 aliphatic carbocycles. The van der Waals surface area contributed by atoms with Crippen molar-refractivity contribution in [1.29, 1.82) is 0 Å². The Morgan fingerprint density at radius 1 is 0.867 bits per heavy atom. The lowest BCUT2D eigenvalue weighted by Crippen LogP contribution is -1.96. The molecule has 0 bridgehead atoms. The minimum atomic E-state index is -0.913. The van der Waals surface area contributed by atoms with E-state index in [-0.39, 0.29) is 0 Å². The van der Waals surface area contributed by atoms with Crippen LogP contribution in [0.25, 0.3) is 11.1 Å². The van der Waals surface area contributed by atoms with Gasteiger partial charge in [-0.05, 0) is 28.4 Å². The second-order valence-corrected chi connectivity index (χ2v) is 4.73. The zero-order chi connectivity index (χ0) is 10.7. The number of hydrogen-bond acceptors (Lipinski definition) is 1. The van der Waals surface area contributed by atoms with Gasteiger partial charge in [-0.1, -0.05) is 42.5 Å². The standard InChI is InChI=1S/C13H12OS/c1-15(14)13-9-5-8-12(10-13)11-6-3-2-4-7-11/h2-10H,1H3. The van der Waals surface area contributed by atoms with Crippen molar-refractivity contribution >= 4 is 11.2 Å². The van der Waals surface area contributed by atoms with Crippen molar-refractivity contribution in [3.63, 3.8) is 0 Å². The van der Waals surface area contributed by atoms with Crippen LogP contribution in [-0.2, 0) is 11.2 Å².